The molecule has 1 amide bonds. The number of hydrogen-bond donors (Lipinski definition) is 1. The first-order valence-corrected chi connectivity index (χ1v) is 10.5. The molecular formula is C25H21ClN2O4. The number of amides is 1. The Morgan fingerprint density at radius 2 is 1.88 bits per heavy atom. The standard InChI is InChI=1S/C25H21ClN2O4/c1-3-15-7-10-17(11-8-15)28-22(19-6-4-5-13-27-19)21(24(30)25(28)31)23(29)16-9-12-18(26)20(14-16)32-2/h4-14,22,29H,3H2,1-2H3/b23-21-. The summed E-state index contributed by atoms with van der Waals surface area (Å²) in [6.45, 7) is 2.04. The third-order valence-electron chi connectivity index (χ3n) is 5.46. The maximum Gasteiger partial charge on any atom is 0.300 e. The van der Waals surface area contributed by atoms with Gasteiger partial charge in [0, 0.05) is 17.4 Å². The molecule has 1 unspecified atom stereocenters. The number of halogens is 1. The van der Waals surface area contributed by atoms with Crippen molar-refractivity contribution in [1.82, 2.24) is 4.98 Å². The number of aliphatic hydroxyl groups excluding tert-OH is 1. The van der Waals surface area contributed by atoms with Gasteiger partial charge in [0.1, 0.15) is 17.6 Å². The molecule has 0 radical (unpaired) electrons. The average molecular weight is 449 g/mol. The van der Waals surface area contributed by atoms with E-state index in [-0.39, 0.29) is 11.3 Å². The van der Waals surface area contributed by atoms with Crippen LogP contribution in [0.2, 0.25) is 5.02 Å². The first-order valence-electron chi connectivity index (χ1n) is 10.1. The lowest BCUT2D eigenvalue weighted by atomic mass is 9.98. The number of rotatable bonds is 5. The van der Waals surface area contributed by atoms with Gasteiger partial charge in [0.25, 0.3) is 11.7 Å². The highest BCUT2D eigenvalue weighted by Crippen LogP contribution is 2.42. The number of pyridine rings is 1. The number of hydrogen-bond acceptors (Lipinski definition) is 5. The molecule has 0 spiro atoms. The van der Waals surface area contributed by atoms with Gasteiger partial charge in [0.15, 0.2) is 0 Å². The Balaban J connectivity index is 1.91. The zero-order valence-corrected chi connectivity index (χ0v) is 18.3. The fourth-order valence-electron chi connectivity index (χ4n) is 3.77. The molecule has 1 atom stereocenters. The lowest BCUT2D eigenvalue weighted by Crippen LogP contribution is -2.29. The predicted octanol–water partition coefficient (Wildman–Crippen LogP) is 4.93. The summed E-state index contributed by atoms with van der Waals surface area (Å²) < 4.78 is 5.23. The van der Waals surface area contributed by atoms with Crippen LogP contribution in [0.3, 0.4) is 0 Å². The van der Waals surface area contributed by atoms with Gasteiger partial charge in [-0.25, -0.2) is 0 Å². The first-order chi connectivity index (χ1) is 15.5. The molecule has 1 aromatic heterocycles. The number of benzene rings is 2. The van der Waals surface area contributed by atoms with E-state index in [1.165, 1.54) is 18.1 Å². The number of nitrogens with zero attached hydrogens (tertiary/aromatic N) is 2. The highest BCUT2D eigenvalue weighted by atomic mass is 35.5. The molecule has 6 nitrogen and oxygen atoms in total. The van der Waals surface area contributed by atoms with Gasteiger partial charge in [-0.15, -0.1) is 0 Å². The second-order valence-corrected chi connectivity index (χ2v) is 7.70. The van der Waals surface area contributed by atoms with Gasteiger partial charge in [-0.05, 0) is 54.4 Å². The van der Waals surface area contributed by atoms with Gasteiger partial charge in [0.05, 0.1) is 23.4 Å². The van der Waals surface area contributed by atoms with Gasteiger partial charge >= 0.3 is 0 Å². The van der Waals surface area contributed by atoms with Crippen LogP contribution in [0.25, 0.3) is 5.76 Å². The molecule has 32 heavy (non-hydrogen) atoms. The monoisotopic (exact) mass is 448 g/mol. The molecule has 1 fully saturated rings. The van der Waals surface area contributed by atoms with Gasteiger partial charge in [0.2, 0.25) is 0 Å². The normalized spacial score (nSPS) is 17.6. The van der Waals surface area contributed by atoms with Crippen LogP contribution >= 0.6 is 11.6 Å². The van der Waals surface area contributed by atoms with Crippen molar-refractivity contribution in [2.75, 3.05) is 12.0 Å². The smallest absolute Gasteiger partial charge is 0.300 e. The van der Waals surface area contributed by atoms with Crippen LogP contribution in [0.15, 0.2) is 72.4 Å². The van der Waals surface area contributed by atoms with Crippen molar-refractivity contribution in [3.8, 4) is 5.75 Å². The molecule has 0 bridgehead atoms. The van der Waals surface area contributed by atoms with Crippen LogP contribution in [0.1, 0.15) is 29.8 Å². The summed E-state index contributed by atoms with van der Waals surface area (Å²) in [7, 11) is 1.46. The highest BCUT2D eigenvalue weighted by Gasteiger charge is 2.47. The predicted molar refractivity (Wildman–Crippen MR) is 123 cm³/mol. The maximum atomic E-state index is 13.1. The van der Waals surface area contributed by atoms with Crippen LogP contribution in [0.4, 0.5) is 5.69 Å². The Kier molecular flexibility index (Phi) is 5.97. The molecular weight excluding hydrogens is 428 g/mol. The Morgan fingerprint density at radius 1 is 1.12 bits per heavy atom. The number of aromatic nitrogens is 1. The van der Waals surface area contributed by atoms with E-state index >= 15 is 0 Å². The Hall–Kier alpha value is -3.64. The summed E-state index contributed by atoms with van der Waals surface area (Å²) in [5.74, 6) is -1.49. The van der Waals surface area contributed by atoms with Crippen LogP contribution in [-0.4, -0.2) is 28.9 Å². The van der Waals surface area contributed by atoms with Crippen LogP contribution in [0.5, 0.6) is 5.75 Å². The number of carbonyl (C=O) groups is 2. The van der Waals surface area contributed by atoms with Crippen molar-refractivity contribution in [3.05, 3.63) is 94.3 Å². The molecule has 1 aliphatic heterocycles. The minimum absolute atomic E-state index is 0.0438. The Bertz CT molecular complexity index is 1210. The Labute approximate surface area is 190 Å². The molecule has 1 aliphatic rings. The van der Waals surface area contributed by atoms with Gasteiger partial charge in [-0.3, -0.25) is 19.5 Å². The summed E-state index contributed by atoms with van der Waals surface area (Å²) in [6, 6.07) is 16.4. The third-order valence-corrected chi connectivity index (χ3v) is 5.77. The van der Waals surface area contributed by atoms with Crippen molar-refractivity contribution >= 4 is 34.7 Å². The number of ketones is 1. The van der Waals surface area contributed by atoms with Crippen molar-refractivity contribution in [3.63, 3.8) is 0 Å². The molecule has 1 N–H and O–H groups in total. The van der Waals surface area contributed by atoms with E-state index in [1.807, 2.05) is 19.1 Å². The minimum Gasteiger partial charge on any atom is -0.507 e. The summed E-state index contributed by atoms with van der Waals surface area (Å²) in [5, 5.41) is 11.5. The van der Waals surface area contributed by atoms with Crippen molar-refractivity contribution in [2.45, 2.75) is 19.4 Å². The maximum absolute atomic E-state index is 13.1. The van der Waals surface area contributed by atoms with E-state index in [4.69, 9.17) is 16.3 Å². The highest BCUT2D eigenvalue weighted by molar-refractivity contribution is 6.51. The van der Waals surface area contributed by atoms with E-state index in [1.54, 1.807) is 48.7 Å². The van der Waals surface area contributed by atoms with Crippen molar-refractivity contribution in [2.24, 2.45) is 0 Å². The zero-order valence-electron chi connectivity index (χ0n) is 17.6. The van der Waals surface area contributed by atoms with E-state index in [0.29, 0.717) is 27.7 Å². The minimum atomic E-state index is -0.884. The number of anilines is 1. The van der Waals surface area contributed by atoms with Gasteiger partial charge in [-0.1, -0.05) is 36.7 Å². The second kappa shape index (κ2) is 8.85. The number of ether oxygens (including phenoxy) is 1. The number of aryl methyl sites for hydroxylation is 1. The van der Waals surface area contributed by atoms with Crippen LogP contribution in [-0.2, 0) is 16.0 Å². The number of carbonyl (C=O) groups excluding carboxylic acids is 2. The fraction of sp³-hybridized carbons (Fsp3) is 0.160. The molecule has 1 saturated heterocycles. The van der Waals surface area contributed by atoms with Crippen LogP contribution in [0, 0.1) is 0 Å². The zero-order chi connectivity index (χ0) is 22.8. The van der Waals surface area contributed by atoms with Crippen molar-refractivity contribution < 1.29 is 19.4 Å². The topological polar surface area (TPSA) is 79.7 Å². The first kappa shape index (κ1) is 21.6. The summed E-state index contributed by atoms with van der Waals surface area (Å²) in [6.07, 6.45) is 2.43. The molecule has 7 heteroatoms. The van der Waals surface area contributed by atoms with Gasteiger partial charge < -0.3 is 9.84 Å². The van der Waals surface area contributed by atoms with Crippen molar-refractivity contribution in [1.29, 1.82) is 0 Å². The molecule has 0 aliphatic carbocycles. The van der Waals surface area contributed by atoms with Crippen LogP contribution < -0.4 is 9.64 Å². The number of Topliss-reactive ketones (excluding diaryl/α,β-unsaturated/α-hetero) is 1. The Morgan fingerprint density at radius 3 is 2.50 bits per heavy atom. The second-order valence-electron chi connectivity index (χ2n) is 7.29. The lowest BCUT2D eigenvalue weighted by Gasteiger charge is -2.24. The van der Waals surface area contributed by atoms with E-state index < -0.39 is 17.7 Å². The quantitative estimate of drug-likeness (QED) is 0.340. The van der Waals surface area contributed by atoms with E-state index in [9.17, 15) is 14.7 Å². The SMILES string of the molecule is CCc1ccc(N2C(=O)C(=O)/C(=C(\O)c3ccc(Cl)c(OC)c3)C2c2ccccn2)cc1. The van der Waals surface area contributed by atoms with E-state index in [0.717, 1.165) is 12.0 Å². The molecule has 2 aromatic carbocycles. The molecule has 2 heterocycles. The summed E-state index contributed by atoms with van der Waals surface area (Å²) in [4.78, 5) is 32.0. The fourth-order valence-corrected chi connectivity index (χ4v) is 3.97. The summed E-state index contributed by atoms with van der Waals surface area (Å²) >= 11 is 6.10. The summed E-state index contributed by atoms with van der Waals surface area (Å²) in [5.41, 5.74) is 2.39. The number of methoxy groups -OCH3 is 1. The molecule has 0 saturated carbocycles. The molecule has 3 aromatic rings. The number of aliphatic hydroxyl groups is 1. The van der Waals surface area contributed by atoms with Gasteiger partial charge in [-0.2, -0.15) is 0 Å². The largest absolute Gasteiger partial charge is 0.507 e. The average Bonchev–Trinajstić information content (AvgIpc) is 3.10. The lowest BCUT2D eigenvalue weighted by molar-refractivity contribution is -0.132. The molecule has 4 rings (SSSR count). The van der Waals surface area contributed by atoms with E-state index in [2.05, 4.69) is 4.98 Å². The third kappa shape index (κ3) is 3.74. The molecule has 162 valence electrons.